The fraction of sp³-hybridized carbons (Fsp3) is 0.667. The number of nitrogens with one attached hydrogen (secondary N) is 1. The van der Waals surface area contributed by atoms with Crippen LogP contribution in [-0.4, -0.2) is 23.1 Å². The summed E-state index contributed by atoms with van der Waals surface area (Å²) >= 11 is 0. The number of nitrogens with zero attached hydrogens (tertiary/aromatic N) is 3. The third kappa shape index (κ3) is 2.85. The molecule has 1 fully saturated rings. The second kappa shape index (κ2) is 5.31. The molecule has 0 spiro atoms. The van der Waals surface area contributed by atoms with Gasteiger partial charge in [-0.2, -0.15) is 0 Å². The van der Waals surface area contributed by atoms with E-state index < -0.39 is 0 Å². The maximum Gasteiger partial charge on any atom is 0.145 e. The number of aryl methyl sites for hydroxylation is 1. The first-order valence-electron chi connectivity index (χ1n) is 6.30. The van der Waals surface area contributed by atoms with Crippen LogP contribution in [0.5, 0.6) is 0 Å². The SMILES string of the molecule is CCC1CCCN(c2cc(NN)nc(C)n2)C1. The van der Waals surface area contributed by atoms with Crippen molar-refractivity contribution in [3.8, 4) is 0 Å². The van der Waals surface area contributed by atoms with Gasteiger partial charge in [0.2, 0.25) is 0 Å². The Kier molecular flexibility index (Phi) is 3.78. The van der Waals surface area contributed by atoms with Crippen molar-refractivity contribution in [3.05, 3.63) is 11.9 Å². The van der Waals surface area contributed by atoms with Gasteiger partial charge < -0.3 is 10.3 Å². The zero-order valence-corrected chi connectivity index (χ0v) is 10.6. The van der Waals surface area contributed by atoms with Crippen LogP contribution in [-0.2, 0) is 0 Å². The Morgan fingerprint density at radius 3 is 3.06 bits per heavy atom. The molecule has 2 rings (SSSR count). The number of rotatable bonds is 3. The zero-order valence-electron chi connectivity index (χ0n) is 10.6. The highest BCUT2D eigenvalue weighted by Crippen LogP contribution is 2.24. The Balaban J connectivity index is 2.18. The minimum Gasteiger partial charge on any atom is -0.356 e. The van der Waals surface area contributed by atoms with Gasteiger partial charge >= 0.3 is 0 Å². The lowest BCUT2D eigenvalue weighted by Crippen LogP contribution is -2.36. The van der Waals surface area contributed by atoms with Crippen molar-refractivity contribution in [1.29, 1.82) is 0 Å². The van der Waals surface area contributed by atoms with E-state index in [9.17, 15) is 0 Å². The van der Waals surface area contributed by atoms with Crippen molar-refractivity contribution in [2.45, 2.75) is 33.1 Å². The predicted molar refractivity (Wildman–Crippen MR) is 69.8 cm³/mol. The Morgan fingerprint density at radius 2 is 2.35 bits per heavy atom. The van der Waals surface area contributed by atoms with Gasteiger partial charge in [-0.3, -0.25) is 0 Å². The predicted octanol–water partition coefficient (Wildman–Crippen LogP) is 1.70. The van der Waals surface area contributed by atoms with Crippen molar-refractivity contribution in [2.24, 2.45) is 11.8 Å². The molecule has 0 amide bonds. The molecule has 3 N–H and O–H groups in total. The molecule has 0 bridgehead atoms. The molecule has 17 heavy (non-hydrogen) atoms. The molecule has 2 heterocycles. The van der Waals surface area contributed by atoms with E-state index in [1.807, 2.05) is 13.0 Å². The quantitative estimate of drug-likeness (QED) is 0.616. The van der Waals surface area contributed by atoms with E-state index in [0.29, 0.717) is 5.82 Å². The number of nitrogens with two attached hydrogens (primary N) is 1. The molecular formula is C12H21N5. The second-order valence-electron chi connectivity index (χ2n) is 4.67. The molecule has 1 unspecified atom stereocenters. The fourth-order valence-corrected chi connectivity index (χ4v) is 2.39. The van der Waals surface area contributed by atoms with Crippen molar-refractivity contribution < 1.29 is 0 Å². The third-order valence-corrected chi connectivity index (χ3v) is 3.39. The monoisotopic (exact) mass is 235 g/mol. The van der Waals surface area contributed by atoms with Gasteiger partial charge in [-0.05, 0) is 25.7 Å². The van der Waals surface area contributed by atoms with E-state index >= 15 is 0 Å². The van der Waals surface area contributed by atoms with Gasteiger partial charge in [-0.15, -0.1) is 0 Å². The summed E-state index contributed by atoms with van der Waals surface area (Å²) in [6.45, 7) is 6.33. The van der Waals surface area contributed by atoms with E-state index in [4.69, 9.17) is 5.84 Å². The standard InChI is InChI=1S/C12H21N5/c1-3-10-5-4-6-17(8-10)12-7-11(16-13)14-9(2)15-12/h7,10H,3-6,8,13H2,1-2H3,(H,14,15,16). The van der Waals surface area contributed by atoms with Crippen molar-refractivity contribution in [3.63, 3.8) is 0 Å². The number of aromatic nitrogens is 2. The Labute approximate surface area is 102 Å². The number of hydrogen-bond acceptors (Lipinski definition) is 5. The van der Waals surface area contributed by atoms with E-state index in [2.05, 4.69) is 27.2 Å². The lowest BCUT2D eigenvalue weighted by atomic mass is 9.96. The van der Waals surface area contributed by atoms with Gasteiger partial charge in [0.1, 0.15) is 17.5 Å². The topological polar surface area (TPSA) is 67.1 Å². The minimum atomic E-state index is 0.686. The summed E-state index contributed by atoms with van der Waals surface area (Å²) in [6, 6.07) is 1.92. The van der Waals surface area contributed by atoms with Gasteiger partial charge in [0.25, 0.3) is 0 Å². The molecule has 1 saturated heterocycles. The van der Waals surface area contributed by atoms with E-state index in [0.717, 1.165) is 30.6 Å². The van der Waals surface area contributed by atoms with Crippen LogP contribution in [0.4, 0.5) is 11.6 Å². The smallest absolute Gasteiger partial charge is 0.145 e. The van der Waals surface area contributed by atoms with Crippen molar-refractivity contribution in [1.82, 2.24) is 9.97 Å². The van der Waals surface area contributed by atoms with Crippen LogP contribution in [0.2, 0.25) is 0 Å². The van der Waals surface area contributed by atoms with Crippen LogP contribution in [0, 0.1) is 12.8 Å². The van der Waals surface area contributed by atoms with Gasteiger partial charge in [0.15, 0.2) is 0 Å². The van der Waals surface area contributed by atoms with Gasteiger partial charge in [0.05, 0.1) is 0 Å². The molecule has 1 aromatic heterocycles. The molecule has 5 nitrogen and oxygen atoms in total. The number of hydrazine groups is 1. The largest absolute Gasteiger partial charge is 0.356 e. The number of piperidine rings is 1. The summed E-state index contributed by atoms with van der Waals surface area (Å²) in [5, 5.41) is 0. The van der Waals surface area contributed by atoms with Crippen LogP contribution >= 0.6 is 0 Å². The van der Waals surface area contributed by atoms with E-state index in [-0.39, 0.29) is 0 Å². The lowest BCUT2D eigenvalue weighted by Gasteiger charge is -2.33. The maximum atomic E-state index is 5.41. The highest BCUT2D eigenvalue weighted by atomic mass is 15.3. The average molecular weight is 235 g/mol. The van der Waals surface area contributed by atoms with Gasteiger partial charge in [0, 0.05) is 19.2 Å². The molecule has 94 valence electrons. The van der Waals surface area contributed by atoms with Crippen LogP contribution in [0.25, 0.3) is 0 Å². The fourth-order valence-electron chi connectivity index (χ4n) is 2.39. The summed E-state index contributed by atoms with van der Waals surface area (Å²) in [6.07, 6.45) is 3.81. The molecule has 0 aromatic carbocycles. The first-order valence-corrected chi connectivity index (χ1v) is 6.30. The summed E-state index contributed by atoms with van der Waals surface area (Å²) in [4.78, 5) is 11.0. The molecule has 1 aromatic rings. The molecule has 1 atom stereocenters. The molecule has 0 saturated carbocycles. The molecule has 0 radical (unpaired) electrons. The summed E-state index contributed by atoms with van der Waals surface area (Å²) in [5.74, 6) is 8.63. The first kappa shape index (κ1) is 12.1. The molecule has 1 aliphatic rings. The number of nitrogen functional groups attached to an aromatic ring is 1. The zero-order chi connectivity index (χ0) is 12.3. The normalized spacial score (nSPS) is 20.4. The average Bonchev–Trinajstić information content (AvgIpc) is 2.38. The summed E-state index contributed by atoms with van der Waals surface area (Å²) < 4.78 is 0. The third-order valence-electron chi connectivity index (χ3n) is 3.39. The second-order valence-corrected chi connectivity index (χ2v) is 4.67. The highest BCUT2D eigenvalue weighted by molar-refractivity contribution is 5.49. The van der Waals surface area contributed by atoms with Gasteiger partial charge in [-0.25, -0.2) is 15.8 Å². The minimum absolute atomic E-state index is 0.686. The number of anilines is 2. The van der Waals surface area contributed by atoms with Crippen LogP contribution < -0.4 is 16.2 Å². The molecule has 0 aliphatic carbocycles. The van der Waals surface area contributed by atoms with E-state index in [1.165, 1.54) is 19.3 Å². The Hall–Kier alpha value is -1.36. The van der Waals surface area contributed by atoms with Crippen molar-refractivity contribution >= 4 is 11.6 Å². The highest BCUT2D eigenvalue weighted by Gasteiger charge is 2.20. The molecular weight excluding hydrogens is 214 g/mol. The summed E-state index contributed by atoms with van der Waals surface area (Å²) in [7, 11) is 0. The lowest BCUT2D eigenvalue weighted by molar-refractivity contribution is 0.403. The van der Waals surface area contributed by atoms with Crippen LogP contribution in [0.3, 0.4) is 0 Å². The molecule has 5 heteroatoms. The summed E-state index contributed by atoms with van der Waals surface area (Å²) in [5.41, 5.74) is 2.59. The number of hydrogen-bond donors (Lipinski definition) is 2. The first-order chi connectivity index (χ1) is 8.22. The van der Waals surface area contributed by atoms with Gasteiger partial charge in [-0.1, -0.05) is 13.3 Å². The molecule has 1 aliphatic heterocycles. The Bertz CT molecular complexity index is 379. The van der Waals surface area contributed by atoms with Crippen LogP contribution in [0.1, 0.15) is 32.0 Å². The van der Waals surface area contributed by atoms with E-state index in [1.54, 1.807) is 0 Å². The van der Waals surface area contributed by atoms with Crippen LogP contribution in [0.15, 0.2) is 6.07 Å². The Morgan fingerprint density at radius 1 is 1.53 bits per heavy atom. The maximum absolute atomic E-state index is 5.41. The van der Waals surface area contributed by atoms with Crippen molar-refractivity contribution in [2.75, 3.05) is 23.4 Å².